The number of nitrogen functional groups attached to an aromatic ring is 1. The summed E-state index contributed by atoms with van der Waals surface area (Å²) < 4.78 is 0. The molecule has 1 heterocycles. The molecule has 1 rings (SSSR count). The van der Waals surface area contributed by atoms with Crippen molar-refractivity contribution in [2.24, 2.45) is 0 Å². The van der Waals surface area contributed by atoms with Gasteiger partial charge in [0.05, 0.1) is 0 Å². The Bertz CT molecular complexity index is 284. The number of nitrogens with two attached hydrogens (primary N) is 1. The van der Waals surface area contributed by atoms with Crippen LogP contribution in [0.2, 0.25) is 0 Å². The van der Waals surface area contributed by atoms with E-state index < -0.39 is 0 Å². The van der Waals surface area contributed by atoms with Gasteiger partial charge >= 0.3 is 0 Å². The summed E-state index contributed by atoms with van der Waals surface area (Å²) in [6, 6.07) is 4.16. The van der Waals surface area contributed by atoms with Crippen LogP contribution in [-0.4, -0.2) is 16.2 Å². The summed E-state index contributed by atoms with van der Waals surface area (Å²) >= 11 is 0. The molecule has 3 N–H and O–H groups in total. The van der Waals surface area contributed by atoms with Gasteiger partial charge in [0.2, 0.25) is 0 Å². The second-order valence-electron chi connectivity index (χ2n) is 4.12. The summed E-state index contributed by atoms with van der Waals surface area (Å²) in [5.41, 5.74) is 5.49. The first-order chi connectivity index (χ1) is 7.76. The van der Waals surface area contributed by atoms with Gasteiger partial charge in [0.1, 0.15) is 11.6 Å². The van der Waals surface area contributed by atoms with Gasteiger partial charge in [-0.2, -0.15) is 0 Å². The fourth-order valence-electron chi connectivity index (χ4n) is 1.72. The number of anilines is 2. The Morgan fingerprint density at radius 3 is 2.56 bits per heavy atom. The lowest BCUT2D eigenvalue weighted by Crippen LogP contribution is -2.20. The molecule has 1 aromatic heterocycles. The zero-order valence-electron chi connectivity index (χ0n) is 10.2. The number of nitrogens with one attached hydrogen (secondary N) is 1. The molecule has 0 radical (unpaired) electrons. The van der Waals surface area contributed by atoms with Crippen molar-refractivity contribution in [3.05, 3.63) is 12.1 Å². The van der Waals surface area contributed by atoms with E-state index in [2.05, 4.69) is 29.4 Å². The quantitative estimate of drug-likeness (QED) is 0.744. The van der Waals surface area contributed by atoms with Crippen LogP contribution in [0.1, 0.15) is 46.0 Å². The van der Waals surface area contributed by atoms with E-state index >= 15 is 0 Å². The Morgan fingerprint density at radius 1 is 1.19 bits per heavy atom. The first kappa shape index (κ1) is 12.7. The lowest BCUT2D eigenvalue weighted by Gasteiger charge is -2.17. The Morgan fingerprint density at radius 2 is 2.00 bits per heavy atom. The Kier molecular flexibility index (Phi) is 5.61. The number of aromatic nitrogens is 2. The molecule has 0 spiro atoms. The van der Waals surface area contributed by atoms with Gasteiger partial charge in [-0.05, 0) is 25.0 Å². The molecule has 1 aromatic rings. The molecule has 90 valence electrons. The van der Waals surface area contributed by atoms with Gasteiger partial charge < -0.3 is 11.1 Å². The molecular formula is C12H22N4. The van der Waals surface area contributed by atoms with E-state index in [1.807, 2.05) is 6.07 Å². The molecule has 0 fully saturated rings. The highest BCUT2D eigenvalue weighted by atomic mass is 15.2. The largest absolute Gasteiger partial charge is 0.382 e. The number of unbranched alkanes of at least 4 members (excludes halogenated alkanes) is 1. The number of rotatable bonds is 7. The van der Waals surface area contributed by atoms with Crippen LogP contribution < -0.4 is 11.1 Å². The van der Waals surface area contributed by atoms with Crippen LogP contribution in [0.3, 0.4) is 0 Å². The Hall–Kier alpha value is -1.32. The molecule has 4 heteroatoms. The topological polar surface area (TPSA) is 63.8 Å². The number of nitrogens with zero attached hydrogens (tertiary/aromatic N) is 2. The summed E-state index contributed by atoms with van der Waals surface area (Å²) in [6.07, 6.45) is 6.03. The summed E-state index contributed by atoms with van der Waals surface area (Å²) in [7, 11) is 0. The molecule has 0 amide bonds. The van der Waals surface area contributed by atoms with Crippen LogP contribution in [0.15, 0.2) is 12.1 Å². The van der Waals surface area contributed by atoms with Gasteiger partial charge in [0.15, 0.2) is 0 Å². The maximum Gasteiger partial charge on any atom is 0.149 e. The van der Waals surface area contributed by atoms with Gasteiger partial charge in [0, 0.05) is 6.04 Å². The van der Waals surface area contributed by atoms with Gasteiger partial charge in [-0.25, -0.2) is 0 Å². The van der Waals surface area contributed by atoms with Crippen molar-refractivity contribution in [3.63, 3.8) is 0 Å². The second-order valence-corrected chi connectivity index (χ2v) is 4.12. The monoisotopic (exact) mass is 222 g/mol. The average Bonchev–Trinajstić information content (AvgIpc) is 2.29. The second kappa shape index (κ2) is 7.04. The van der Waals surface area contributed by atoms with Crippen LogP contribution in [0.4, 0.5) is 11.6 Å². The summed E-state index contributed by atoms with van der Waals surface area (Å²) in [5, 5.41) is 11.3. The van der Waals surface area contributed by atoms with Crippen LogP contribution in [0.5, 0.6) is 0 Å². The molecular weight excluding hydrogens is 200 g/mol. The lowest BCUT2D eigenvalue weighted by atomic mass is 10.1. The van der Waals surface area contributed by atoms with Crippen molar-refractivity contribution >= 4 is 11.6 Å². The van der Waals surface area contributed by atoms with Crippen LogP contribution in [0, 0.1) is 0 Å². The van der Waals surface area contributed by atoms with E-state index in [0.717, 1.165) is 5.82 Å². The molecule has 1 atom stereocenters. The van der Waals surface area contributed by atoms with Crippen molar-refractivity contribution in [2.45, 2.75) is 52.0 Å². The SMILES string of the molecule is CCCCC(CCC)Nc1ccc(N)nn1. The molecule has 0 saturated carbocycles. The number of hydrogen-bond donors (Lipinski definition) is 2. The van der Waals surface area contributed by atoms with Crippen molar-refractivity contribution < 1.29 is 0 Å². The van der Waals surface area contributed by atoms with Crippen LogP contribution >= 0.6 is 0 Å². The normalized spacial score (nSPS) is 12.4. The fraction of sp³-hybridized carbons (Fsp3) is 0.667. The molecule has 1 unspecified atom stereocenters. The predicted octanol–water partition coefficient (Wildman–Crippen LogP) is 2.83. The zero-order valence-corrected chi connectivity index (χ0v) is 10.2. The molecule has 4 nitrogen and oxygen atoms in total. The van der Waals surface area contributed by atoms with E-state index in [1.165, 1.54) is 32.1 Å². The van der Waals surface area contributed by atoms with Gasteiger partial charge in [-0.3, -0.25) is 0 Å². The summed E-state index contributed by atoms with van der Waals surface area (Å²) in [5.74, 6) is 1.29. The van der Waals surface area contributed by atoms with Crippen LogP contribution in [-0.2, 0) is 0 Å². The van der Waals surface area contributed by atoms with Gasteiger partial charge in [-0.1, -0.05) is 33.1 Å². The zero-order chi connectivity index (χ0) is 11.8. The van der Waals surface area contributed by atoms with Crippen molar-refractivity contribution in [1.29, 1.82) is 0 Å². The highest BCUT2D eigenvalue weighted by molar-refractivity contribution is 5.39. The van der Waals surface area contributed by atoms with E-state index in [4.69, 9.17) is 5.73 Å². The highest BCUT2D eigenvalue weighted by Gasteiger charge is 2.07. The molecule has 0 aromatic carbocycles. The Labute approximate surface area is 97.6 Å². The van der Waals surface area contributed by atoms with E-state index in [1.54, 1.807) is 6.07 Å². The third-order valence-corrected chi connectivity index (χ3v) is 2.58. The highest BCUT2D eigenvalue weighted by Crippen LogP contribution is 2.13. The molecule has 0 aliphatic heterocycles. The molecule has 0 aliphatic rings. The third kappa shape index (κ3) is 4.47. The lowest BCUT2D eigenvalue weighted by molar-refractivity contribution is 0.562. The molecule has 0 aliphatic carbocycles. The van der Waals surface area contributed by atoms with Gasteiger partial charge in [0.25, 0.3) is 0 Å². The number of hydrogen-bond acceptors (Lipinski definition) is 4. The van der Waals surface area contributed by atoms with Gasteiger partial charge in [-0.15, -0.1) is 10.2 Å². The average molecular weight is 222 g/mol. The predicted molar refractivity (Wildman–Crippen MR) is 68.3 cm³/mol. The van der Waals surface area contributed by atoms with Crippen LogP contribution in [0.25, 0.3) is 0 Å². The first-order valence-corrected chi connectivity index (χ1v) is 6.12. The van der Waals surface area contributed by atoms with Crippen molar-refractivity contribution in [2.75, 3.05) is 11.1 Å². The van der Waals surface area contributed by atoms with E-state index in [9.17, 15) is 0 Å². The first-order valence-electron chi connectivity index (χ1n) is 6.12. The molecule has 0 saturated heterocycles. The molecule has 16 heavy (non-hydrogen) atoms. The minimum absolute atomic E-state index is 0.464. The summed E-state index contributed by atoms with van der Waals surface area (Å²) in [4.78, 5) is 0. The van der Waals surface area contributed by atoms with Crippen molar-refractivity contribution in [3.8, 4) is 0 Å². The fourth-order valence-corrected chi connectivity index (χ4v) is 1.72. The Balaban J connectivity index is 2.49. The molecule has 0 bridgehead atoms. The smallest absolute Gasteiger partial charge is 0.149 e. The third-order valence-electron chi connectivity index (χ3n) is 2.58. The standard InChI is InChI=1S/C12H22N4/c1-3-5-7-10(6-4-2)14-12-9-8-11(13)15-16-12/h8-10H,3-7H2,1-2H3,(H2,13,15)(H,14,16). The van der Waals surface area contributed by atoms with Crippen molar-refractivity contribution in [1.82, 2.24) is 10.2 Å². The van der Waals surface area contributed by atoms with E-state index in [0.29, 0.717) is 11.9 Å². The minimum atomic E-state index is 0.464. The maximum atomic E-state index is 5.49. The minimum Gasteiger partial charge on any atom is -0.382 e. The maximum absolute atomic E-state index is 5.49. The summed E-state index contributed by atoms with van der Waals surface area (Å²) in [6.45, 7) is 4.42. The van der Waals surface area contributed by atoms with E-state index in [-0.39, 0.29) is 0 Å².